The summed E-state index contributed by atoms with van der Waals surface area (Å²) in [5.41, 5.74) is 0.595. The van der Waals surface area contributed by atoms with Crippen LogP contribution in [-0.2, 0) is 0 Å². The first-order valence-corrected chi connectivity index (χ1v) is 8.58. The molecule has 0 bridgehead atoms. The average molecular weight is 266 g/mol. The van der Waals surface area contributed by atoms with Gasteiger partial charge in [0.25, 0.3) is 0 Å². The van der Waals surface area contributed by atoms with E-state index in [4.69, 9.17) is 0 Å². The Morgan fingerprint density at radius 1 is 1.11 bits per heavy atom. The first kappa shape index (κ1) is 15.3. The minimum absolute atomic E-state index is 0.595. The summed E-state index contributed by atoms with van der Waals surface area (Å²) in [6.07, 6.45) is 11.1. The smallest absolute Gasteiger partial charge is 0.0195 e. The number of piperidine rings is 1. The molecule has 1 unspecified atom stereocenters. The molecule has 1 saturated heterocycles. The SMILES string of the molecule is CCCN(CC1CCCCN1)C1CCC(C)(C)CC1. The standard InChI is InChI=1S/C17H34N2/c1-4-13-19(14-15-7-5-6-12-18-15)16-8-10-17(2,3)11-9-16/h15-16,18H,4-14H2,1-3H3. The topological polar surface area (TPSA) is 15.3 Å². The Labute approximate surface area is 120 Å². The number of nitrogens with one attached hydrogen (secondary N) is 1. The van der Waals surface area contributed by atoms with Crippen LogP contribution in [0.2, 0.25) is 0 Å². The van der Waals surface area contributed by atoms with Gasteiger partial charge in [0.15, 0.2) is 0 Å². The summed E-state index contributed by atoms with van der Waals surface area (Å²) >= 11 is 0. The molecule has 19 heavy (non-hydrogen) atoms. The fraction of sp³-hybridized carbons (Fsp3) is 1.00. The van der Waals surface area contributed by atoms with Crippen LogP contribution in [0.15, 0.2) is 0 Å². The van der Waals surface area contributed by atoms with Gasteiger partial charge in [0, 0.05) is 18.6 Å². The van der Waals surface area contributed by atoms with Crippen molar-refractivity contribution in [2.24, 2.45) is 5.41 Å². The lowest BCUT2D eigenvalue weighted by molar-refractivity contribution is 0.0942. The Bertz CT molecular complexity index is 246. The van der Waals surface area contributed by atoms with Crippen LogP contribution < -0.4 is 5.32 Å². The second-order valence-electron chi connectivity index (χ2n) is 7.54. The van der Waals surface area contributed by atoms with E-state index in [-0.39, 0.29) is 0 Å². The molecule has 0 radical (unpaired) electrons. The molecule has 2 rings (SSSR count). The predicted octanol–water partition coefficient (Wildman–Crippen LogP) is 3.81. The van der Waals surface area contributed by atoms with Gasteiger partial charge in [0.2, 0.25) is 0 Å². The minimum Gasteiger partial charge on any atom is -0.313 e. The molecule has 0 spiro atoms. The maximum Gasteiger partial charge on any atom is 0.0195 e. The van der Waals surface area contributed by atoms with Gasteiger partial charge in [0.1, 0.15) is 0 Å². The summed E-state index contributed by atoms with van der Waals surface area (Å²) in [6, 6.07) is 1.62. The Morgan fingerprint density at radius 3 is 2.42 bits per heavy atom. The highest BCUT2D eigenvalue weighted by atomic mass is 15.2. The first-order valence-electron chi connectivity index (χ1n) is 8.58. The molecular weight excluding hydrogens is 232 g/mol. The predicted molar refractivity (Wildman–Crippen MR) is 83.5 cm³/mol. The van der Waals surface area contributed by atoms with Crippen molar-refractivity contribution in [2.45, 2.75) is 84.2 Å². The van der Waals surface area contributed by atoms with Crippen molar-refractivity contribution in [3.63, 3.8) is 0 Å². The first-order chi connectivity index (χ1) is 9.11. The molecule has 1 saturated carbocycles. The molecule has 112 valence electrons. The molecule has 1 heterocycles. The van der Waals surface area contributed by atoms with E-state index in [1.807, 2.05) is 0 Å². The third kappa shape index (κ3) is 4.75. The fourth-order valence-electron chi connectivity index (χ4n) is 3.82. The Morgan fingerprint density at radius 2 is 1.84 bits per heavy atom. The van der Waals surface area contributed by atoms with Crippen molar-refractivity contribution in [3.05, 3.63) is 0 Å². The second-order valence-corrected chi connectivity index (χ2v) is 7.54. The van der Waals surface area contributed by atoms with E-state index in [2.05, 4.69) is 31.0 Å². The van der Waals surface area contributed by atoms with Crippen LogP contribution in [0.4, 0.5) is 0 Å². The largest absolute Gasteiger partial charge is 0.313 e. The van der Waals surface area contributed by atoms with Crippen molar-refractivity contribution in [1.82, 2.24) is 10.2 Å². The van der Waals surface area contributed by atoms with Crippen LogP contribution in [0.25, 0.3) is 0 Å². The quantitative estimate of drug-likeness (QED) is 0.814. The highest BCUT2D eigenvalue weighted by Crippen LogP contribution is 2.37. The molecule has 1 aliphatic heterocycles. The third-order valence-corrected chi connectivity index (χ3v) is 5.20. The van der Waals surface area contributed by atoms with Crippen molar-refractivity contribution in [1.29, 1.82) is 0 Å². The van der Waals surface area contributed by atoms with E-state index in [9.17, 15) is 0 Å². The van der Waals surface area contributed by atoms with E-state index in [0.717, 1.165) is 12.1 Å². The minimum atomic E-state index is 0.595. The highest BCUT2D eigenvalue weighted by molar-refractivity contribution is 4.86. The van der Waals surface area contributed by atoms with Crippen molar-refractivity contribution in [2.75, 3.05) is 19.6 Å². The molecule has 0 aromatic heterocycles. The maximum absolute atomic E-state index is 3.72. The molecule has 0 amide bonds. The molecule has 2 nitrogen and oxygen atoms in total. The van der Waals surface area contributed by atoms with Gasteiger partial charge in [0.05, 0.1) is 0 Å². The lowest BCUT2D eigenvalue weighted by Crippen LogP contribution is -2.48. The third-order valence-electron chi connectivity index (χ3n) is 5.20. The van der Waals surface area contributed by atoms with Crippen LogP contribution >= 0.6 is 0 Å². The van der Waals surface area contributed by atoms with Gasteiger partial charge in [-0.2, -0.15) is 0 Å². The van der Waals surface area contributed by atoms with Gasteiger partial charge in [-0.1, -0.05) is 27.2 Å². The second kappa shape index (κ2) is 7.08. The summed E-state index contributed by atoms with van der Waals surface area (Å²) in [6.45, 7) is 11.0. The van der Waals surface area contributed by atoms with E-state index < -0.39 is 0 Å². The Kier molecular flexibility index (Phi) is 5.70. The molecule has 2 fully saturated rings. The van der Waals surface area contributed by atoms with Crippen LogP contribution in [0.3, 0.4) is 0 Å². The normalized spacial score (nSPS) is 28.7. The van der Waals surface area contributed by atoms with Crippen LogP contribution in [0, 0.1) is 5.41 Å². The molecule has 1 aliphatic carbocycles. The van der Waals surface area contributed by atoms with E-state index >= 15 is 0 Å². The number of hydrogen-bond donors (Lipinski definition) is 1. The van der Waals surface area contributed by atoms with Crippen molar-refractivity contribution in [3.8, 4) is 0 Å². The monoisotopic (exact) mass is 266 g/mol. The molecule has 2 heteroatoms. The molecule has 1 N–H and O–H groups in total. The lowest BCUT2D eigenvalue weighted by atomic mass is 9.75. The molecule has 1 atom stereocenters. The van der Waals surface area contributed by atoms with Gasteiger partial charge in [-0.05, 0) is 63.5 Å². The number of hydrogen-bond acceptors (Lipinski definition) is 2. The summed E-state index contributed by atoms with van der Waals surface area (Å²) < 4.78 is 0. The zero-order valence-corrected chi connectivity index (χ0v) is 13.4. The number of nitrogens with zero attached hydrogens (tertiary/aromatic N) is 1. The van der Waals surface area contributed by atoms with Gasteiger partial charge < -0.3 is 5.32 Å². The van der Waals surface area contributed by atoms with Crippen LogP contribution in [0.5, 0.6) is 0 Å². The Hall–Kier alpha value is -0.0800. The summed E-state index contributed by atoms with van der Waals surface area (Å²) in [7, 11) is 0. The van der Waals surface area contributed by atoms with Gasteiger partial charge in [-0.3, -0.25) is 4.90 Å². The lowest BCUT2D eigenvalue weighted by Gasteiger charge is -2.42. The van der Waals surface area contributed by atoms with Crippen molar-refractivity contribution < 1.29 is 0 Å². The molecular formula is C17H34N2. The Balaban J connectivity index is 1.84. The fourth-order valence-corrected chi connectivity index (χ4v) is 3.82. The van der Waals surface area contributed by atoms with Crippen molar-refractivity contribution >= 4 is 0 Å². The van der Waals surface area contributed by atoms with E-state index in [1.54, 1.807) is 0 Å². The van der Waals surface area contributed by atoms with Crippen LogP contribution in [-0.4, -0.2) is 36.6 Å². The molecule has 0 aromatic carbocycles. The summed E-state index contributed by atoms with van der Waals surface area (Å²) in [4.78, 5) is 2.80. The highest BCUT2D eigenvalue weighted by Gasteiger charge is 2.30. The maximum atomic E-state index is 3.72. The van der Waals surface area contributed by atoms with Gasteiger partial charge in [-0.15, -0.1) is 0 Å². The zero-order valence-electron chi connectivity index (χ0n) is 13.4. The molecule has 0 aromatic rings. The molecule has 2 aliphatic rings. The van der Waals surface area contributed by atoms with Crippen LogP contribution in [0.1, 0.15) is 72.1 Å². The number of rotatable bonds is 5. The zero-order chi connectivity index (χ0) is 13.7. The average Bonchev–Trinajstić information content (AvgIpc) is 2.39. The summed E-state index contributed by atoms with van der Waals surface area (Å²) in [5.74, 6) is 0. The van der Waals surface area contributed by atoms with Gasteiger partial charge >= 0.3 is 0 Å². The van der Waals surface area contributed by atoms with E-state index in [1.165, 1.54) is 71.0 Å². The van der Waals surface area contributed by atoms with Gasteiger partial charge in [-0.25, -0.2) is 0 Å². The van der Waals surface area contributed by atoms with E-state index in [0.29, 0.717) is 5.41 Å². The summed E-state index contributed by atoms with van der Waals surface area (Å²) in [5, 5.41) is 3.72.